The Morgan fingerprint density at radius 2 is 1.48 bits per heavy atom. The van der Waals surface area contributed by atoms with E-state index in [1.807, 2.05) is 60.7 Å². The minimum Gasteiger partial charge on any atom is -0.461 e. The highest BCUT2D eigenvalue weighted by molar-refractivity contribution is 5.99. The summed E-state index contributed by atoms with van der Waals surface area (Å²) in [5.74, 6) is -1.97. The van der Waals surface area contributed by atoms with Crippen LogP contribution in [0.1, 0.15) is 24.0 Å². The molecule has 0 fully saturated rings. The lowest BCUT2D eigenvalue weighted by Gasteiger charge is -2.24. The molecule has 0 aromatic heterocycles. The Labute approximate surface area is 136 Å². The maximum Gasteiger partial charge on any atom is 0.317 e. The Bertz CT molecular complexity index is 622. The maximum absolute atomic E-state index is 12.4. The molecule has 0 bridgehead atoms. The second-order valence-corrected chi connectivity index (χ2v) is 5.31. The Morgan fingerprint density at radius 3 is 1.87 bits per heavy atom. The van der Waals surface area contributed by atoms with Crippen LogP contribution in [0.3, 0.4) is 0 Å². The van der Waals surface area contributed by atoms with Gasteiger partial charge in [-0.25, -0.2) is 0 Å². The zero-order chi connectivity index (χ0) is 16.7. The van der Waals surface area contributed by atoms with Crippen LogP contribution in [-0.4, -0.2) is 18.4 Å². The Kier molecular flexibility index (Phi) is 5.87. The van der Waals surface area contributed by atoms with Crippen molar-refractivity contribution in [2.75, 3.05) is 6.61 Å². The lowest BCUT2D eigenvalue weighted by atomic mass is 9.79. The van der Waals surface area contributed by atoms with Crippen LogP contribution in [0.4, 0.5) is 0 Å². The SMILES string of the molecule is C=CCOC(=O)C(C(C)=O)C(c1ccccc1)c1ccccc1. The Hall–Kier alpha value is -2.68. The van der Waals surface area contributed by atoms with Gasteiger partial charge < -0.3 is 4.74 Å². The number of carbonyl (C=O) groups excluding carboxylic acids is 2. The molecule has 0 radical (unpaired) electrons. The van der Waals surface area contributed by atoms with Crippen molar-refractivity contribution in [2.45, 2.75) is 12.8 Å². The summed E-state index contributed by atoms with van der Waals surface area (Å²) in [7, 11) is 0. The first-order valence-electron chi connectivity index (χ1n) is 7.53. The van der Waals surface area contributed by atoms with Gasteiger partial charge in [-0.1, -0.05) is 73.3 Å². The summed E-state index contributed by atoms with van der Waals surface area (Å²) >= 11 is 0. The molecule has 0 spiro atoms. The summed E-state index contributed by atoms with van der Waals surface area (Å²) in [6, 6.07) is 19.1. The van der Waals surface area contributed by atoms with Crippen LogP contribution >= 0.6 is 0 Å². The van der Waals surface area contributed by atoms with Crippen molar-refractivity contribution in [3.05, 3.63) is 84.4 Å². The van der Waals surface area contributed by atoms with Crippen molar-refractivity contribution < 1.29 is 14.3 Å². The predicted octanol–water partition coefficient (Wildman–Crippen LogP) is 3.75. The van der Waals surface area contributed by atoms with Crippen molar-refractivity contribution >= 4 is 11.8 Å². The average molecular weight is 308 g/mol. The fourth-order valence-corrected chi connectivity index (χ4v) is 2.67. The van der Waals surface area contributed by atoms with Crippen molar-refractivity contribution in [2.24, 2.45) is 5.92 Å². The number of Topliss-reactive ketones (excluding diaryl/α,β-unsaturated/α-hetero) is 1. The molecule has 0 aliphatic carbocycles. The van der Waals surface area contributed by atoms with Gasteiger partial charge in [-0.05, 0) is 18.1 Å². The van der Waals surface area contributed by atoms with Gasteiger partial charge in [-0.2, -0.15) is 0 Å². The first-order valence-corrected chi connectivity index (χ1v) is 7.53. The molecule has 0 saturated carbocycles. The van der Waals surface area contributed by atoms with Crippen molar-refractivity contribution in [3.63, 3.8) is 0 Å². The third kappa shape index (κ3) is 4.16. The number of ketones is 1. The zero-order valence-corrected chi connectivity index (χ0v) is 13.1. The molecule has 3 heteroatoms. The molecular formula is C20H20O3. The summed E-state index contributed by atoms with van der Waals surface area (Å²) in [6.45, 7) is 5.06. The van der Waals surface area contributed by atoms with Gasteiger partial charge in [-0.15, -0.1) is 0 Å². The quantitative estimate of drug-likeness (QED) is 0.444. The van der Waals surface area contributed by atoms with E-state index >= 15 is 0 Å². The number of rotatable bonds is 7. The molecular weight excluding hydrogens is 288 g/mol. The molecule has 1 unspecified atom stereocenters. The molecule has 2 aromatic carbocycles. The number of esters is 1. The maximum atomic E-state index is 12.4. The van der Waals surface area contributed by atoms with Gasteiger partial charge in [-0.3, -0.25) is 9.59 Å². The van der Waals surface area contributed by atoms with Crippen LogP contribution < -0.4 is 0 Å². The van der Waals surface area contributed by atoms with Crippen LogP contribution in [0.5, 0.6) is 0 Å². The van der Waals surface area contributed by atoms with Crippen LogP contribution in [0.2, 0.25) is 0 Å². The molecule has 2 rings (SSSR count). The predicted molar refractivity (Wildman–Crippen MR) is 90.1 cm³/mol. The standard InChI is InChI=1S/C20H20O3/c1-3-14-23-20(22)18(15(2)21)19(16-10-6-4-7-11-16)17-12-8-5-9-13-17/h3-13,18-19H,1,14H2,2H3. The van der Waals surface area contributed by atoms with Gasteiger partial charge in [0.2, 0.25) is 0 Å². The first-order chi connectivity index (χ1) is 11.1. The van der Waals surface area contributed by atoms with Crippen LogP contribution in [0, 0.1) is 5.92 Å². The summed E-state index contributed by atoms with van der Waals surface area (Å²) in [5, 5.41) is 0. The molecule has 0 heterocycles. The first kappa shape index (κ1) is 16.7. The van der Waals surface area contributed by atoms with Gasteiger partial charge in [0, 0.05) is 5.92 Å². The summed E-state index contributed by atoms with van der Waals surface area (Å²) < 4.78 is 5.16. The number of benzene rings is 2. The van der Waals surface area contributed by atoms with E-state index in [4.69, 9.17) is 4.74 Å². The number of hydrogen-bond acceptors (Lipinski definition) is 3. The Morgan fingerprint density at radius 1 is 1.00 bits per heavy atom. The van der Waals surface area contributed by atoms with Gasteiger partial charge in [0.25, 0.3) is 0 Å². The Balaban J connectivity index is 2.48. The second kappa shape index (κ2) is 8.08. The normalized spacial score (nSPS) is 11.7. The molecule has 3 nitrogen and oxygen atoms in total. The van der Waals surface area contributed by atoms with Gasteiger partial charge in [0.1, 0.15) is 18.3 Å². The zero-order valence-electron chi connectivity index (χ0n) is 13.1. The number of ether oxygens (including phenoxy) is 1. The fourth-order valence-electron chi connectivity index (χ4n) is 2.67. The van der Waals surface area contributed by atoms with E-state index in [1.165, 1.54) is 13.0 Å². The second-order valence-electron chi connectivity index (χ2n) is 5.31. The molecule has 118 valence electrons. The summed E-state index contributed by atoms with van der Waals surface area (Å²) in [4.78, 5) is 24.7. The smallest absolute Gasteiger partial charge is 0.317 e. The molecule has 0 N–H and O–H groups in total. The van der Waals surface area contributed by atoms with Gasteiger partial charge in [0.05, 0.1) is 0 Å². The van der Waals surface area contributed by atoms with Crippen molar-refractivity contribution in [1.29, 1.82) is 0 Å². The molecule has 0 amide bonds. The van der Waals surface area contributed by atoms with Crippen molar-refractivity contribution in [1.82, 2.24) is 0 Å². The largest absolute Gasteiger partial charge is 0.461 e. The topological polar surface area (TPSA) is 43.4 Å². The van der Waals surface area contributed by atoms with E-state index in [0.717, 1.165) is 11.1 Å². The van der Waals surface area contributed by atoms with E-state index in [2.05, 4.69) is 6.58 Å². The van der Waals surface area contributed by atoms with E-state index < -0.39 is 11.9 Å². The molecule has 1 atom stereocenters. The van der Waals surface area contributed by atoms with Crippen LogP contribution in [-0.2, 0) is 14.3 Å². The minimum atomic E-state index is -0.875. The fraction of sp³-hybridized carbons (Fsp3) is 0.200. The molecule has 0 aliphatic heterocycles. The van der Waals surface area contributed by atoms with Crippen molar-refractivity contribution in [3.8, 4) is 0 Å². The number of hydrogen-bond donors (Lipinski definition) is 0. The number of carbonyl (C=O) groups is 2. The lowest BCUT2D eigenvalue weighted by molar-refractivity contribution is -0.151. The summed E-state index contributed by atoms with van der Waals surface area (Å²) in [5.41, 5.74) is 1.82. The van der Waals surface area contributed by atoms with E-state index in [-0.39, 0.29) is 18.3 Å². The molecule has 0 aliphatic rings. The highest BCUT2D eigenvalue weighted by atomic mass is 16.5. The van der Waals surface area contributed by atoms with E-state index in [9.17, 15) is 9.59 Å². The third-order valence-electron chi connectivity index (χ3n) is 3.69. The van der Waals surface area contributed by atoms with Crippen LogP contribution in [0.15, 0.2) is 73.3 Å². The lowest BCUT2D eigenvalue weighted by Crippen LogP contribution is -2.31. The molecule has 0 saturated heterocycles. The van der Waals surface area contributed by atoms with E-state index in [0.29, 0.717) is 0 Å². The van der Waals surface area contributed by atoms with Gasteiger partial charge in [0.15, 0.2) is 0 Å². The van der Waals surface area contributed by atoms with E-state index in [1.54, 1.807) is 0 Å². The van der Waals surface area contributed by atoms with Gasteiger partial charge >= 0.3 is 5.97 Å². The highest BCUT2D eigenvalue weighted by Crippen LogP contribution is 2.33. The monoisotopic (exact) mass is 308 g/mol. The average Bonchev–Trinajstić information content (AvgIpc) is 2.58. The summed E-state index contributed by atoms with van der Waals surface area (Å²) in [6.07, 6.45) is 1.50. The molecule has 2 aromatic rings. The minimum absolute atomic E-state index is 0.0961. The highest BCUT2D eigenvalue weighted by Gasteiger charge is 2.35. The van der Waals surface area contributed by atoms with Crippen LogP contribution in [0.25, 0.3) is 0 Å². The third-order valence-corrected chi connectivity index (χ3v) is 3.69. The molecule has 23 heavy (non-hydrogen) atoms.